The molecule has 1 aromatic carbocycles. The number of carbonyl (C=O) groups excluding carboxylic acids is 2. The number of esters is 1. The van der Waals surface area contributed by atoms with Crippen LogP contribution in [0, 0.1) is 18.8 Å². The van der Waals surface area contributed by atoms with Gasteiger partial charge in [0.25, 0.3) is 5.91 Å². The topological polar surface area (TPSA) is 55.8 Å². The Kier molecular flexibility index (Phi) is 4.83. The molecule has 1 heterocycles. The summed E-state index contributed by atoms with van der Waals surface area (Å²) in [6, 6.07) is 7.55. The quantitative estimate of drug-likeness (QED) is 0.791. The molecule has 1 aliphatic heterocycles. The fourth-order valence-electron chi connectivity index (χ4n) is 2.50. The highest BCUT2D eigenvalue weighted by molar-refractivity contribution is 5.80. The maximum atomic E-state index is 12.1. The minimum Gasteiger partial charge on any atom is -0.484 e. The summed E-state index contributed by atoms with van der Waals surface area (Å²) >= 11 is 0. The lowest BCUT2D eigenvalue weighted by Gasteiger charge is -2.16. The monoisotopic (exact) mass is 291 g/mol. The zero-order valence-corrected chi connectivity index (χ0v) is 12.7. The molecule has 5 heteroatoms. The largest absolute Gasteiger partial charge is 0.484 e. The molecule has 1 saturated heterocycles. The molecule has 1 amide bonds. The second kappa shape index (κ2) is 6.61. The van der Waals surface area contributed by atoms with Crippen LogP contribution in [0.4, 0.5) is 0 Å². The number of hydrogen-bond donors (Lipinski definition) is 0. The molecule has 0 aromatic heterocycles. The third-order valence-electron chi connectivity index (χ3n) is 3.85. The van der Waals surface area contributed by atoms with Gasteiger partial charge in [-0.05, 0) is 25.0 Å². The summed E-state index contributed by atoms with van der Waals surface area (Å²) in [6.07, 6.45) is 0. The second-order valence-corrected chi connectivity index (χ2v) is 5.51. The van der Waals surface area contributed by atoms with Crippen molar-refractivity contribution < 1.29 is 19.1 Å². The van der Waals surface area contributed by atoms with Gasteiger partial charge in [-0.3, -0.25) is 9.59 Å². The van der Waals surface area contributed by atoms with E-state index in [9.17, 15) is 9.59 Å². The number of benzene rings is 1. The van der Waals surface area contributed by atoms with E-state index in [0.717, 1.165) is 5.56 Å². The Morgan fingerprint density at radius 2 is 1.90 bits per heavy atom. The van der Waals surface area contributed by atoms with Gasteiger partial charge in [-0.25, -0.2) is 0 Å². The van der Waals surface area contributed by atoms with Gasteiger partial charge in [0, 0.05) is 13.1 Å². The van der Waals surface area contributed by atoms with Crippen molar-refractivity contribution in [2.45, 2.75) is 13.8 Å². The van der Waals surface area contributed by atoms with Crippen molar-refractivity contribution in [1.82, 2.24) is 4.90 Å². The third kappa shape index (κ3) is 3.74. The summed E-state index contributed by atoms with van der Waals surface area (Å²) < 4.78 is 10.3. The van der Waals surface area contributed by atoms with Crippen LogP contribution in [0.3, 0.4) is 0 Å². The Morgan fingerprint density at radius 1 is 1.24 bits per heavy atom. The van der Waals surface area contributed by atoms with E-state index in [0.29, 0.717) is 18.8 Å². The first-order chi connectivity index (χ1) is 10.0. The number of carbonyl (C=O) groups is 2. The van der Waals surface area contributed by atoms with Crippen LogP contribution in [0.2, 0.25) is 0 Å². The van der Waals surface area contributed by atoms with Gasteiger partial charge in [0.2, 0.25) is 0 Å². The molecular weight excluding hydrogens is 270 g/mol. The average molecular weight is 291 g/mol. The van der Waals surface area contributed by atoms with Crippen LogP contribution >= 0.6 is 0 Å². The van der Waals surface area contributed by atoms with Crippen molar-refractivity contribution in [1.29, 1.82) is 0 Å². The van der Waals surface area contributed by atoms with Gasteiger partial charge in [0.1, 0.15) is 5.75 Å². The minimum absolute atomic E-state index is 0.0102. The van der Waals surface area contributed by atoms with Crippen LogP contribution < -0.4 is 4.74 Å². The zero-order chi connectivity index (χ0) is 15.4. The second-order valence-electron chi connectivity index (χ2n) is 5.51. The molecule has 0 bridgehead atoms. The summed E-state index contributed by atoms with van der Waals surface area (Å²) in [7, 11) is 1.38. The van der Waals surface area contributed by atoms with Crippen LogP contribution in [0.5, 0.6) is 5.75 Å². The van der Waals surface area contributed by atoms with Crippen molar-refractivity contribution in [2.75, 3.05) is 26.8 Å². The number of ether oxygens (including phenoxy) is 2. The van der Waals surface area contributed by atoms with Crippen molar-refractivity contribution in [3.05, 3.63) is 29.8 Å². The molecule has 114 valence electrons. The summed E-state index contributed by atoms with van der Waals surface area (Å²) in [5.41, 5.74) is 1.14. The number of hydrogen-bond acceptors (Lipinski definition) is 4. The van der Waals surface area contributed by atoms with E-state index >= 15 is 0 Å². The van der Waals surface area contributed by atoms with Gasteiger partial charge in [-0.2, -0.15) is 0 Å². The molecule has 5 nitrogen and oxygen atoms in total. The van der Waals surface area contributed by atoms with E-state index in [2.05, 4.69) is 0 Å². The number of aryl methyl sites for hydroxylation is 1. The van der Waals surface area contributed by atoms with Crippen LogP contribution in [0.15, 0.2) is 24.3 Å². The standard InChI is InChI=1S/C16H21NO4/c1-11-4-6-13(7-5-11)21-10-15(18)17-8-12(2)14(9-17)16(19)20-3/h4-7,12,14H,8-10H2,1-3H3. The first-order valence-electron chi connectivity index (χ1n) is 7.06. The smallest absolute Gasteiger partial charge is 0.310 e. The number of rotatable bonds is 4. The molecule has 1 fully saturated rings. The number of amides is 1. The molecule has 0 radical (unpaired) electrons. The Balaban J connectivity index is 1.87. The Morgan fingerprint density at radius 3 is 2.52 bits per heavy atom. The number of nitrogens with zero attached hydrogens (tertiary/aromatic N) is 1. The van der Waals surface area contributed by atoms with E-state index in [4.69, 9.17) is 9.47 Å². The summed E-state index contributed by atoms with van der Waals surface area (Å²) in [4.78, 5) is 25.4. The Hall–Kier alpha value is -2.04. The van der Waals surface area contributed by atoms with E-state index in [-0.39, 0.29) is 30.3 Å². The van der Waals surface area contributed by atoms with Crippen molar-refractivity contribution >= 4 is 11.9 Å². The van der Waals surface area contributed by atoms with Crippen LogP contribution in [0.25, 0.3) is 0 Å². The molecule has 1 aromatic rings. The molecule has 0 spiro atoms. The molecule has 2 atom stereocenters. The highest BCUT2D eigenvalue weighted by atomic mass is 16.5. The van der Waals surface area contributed by atoms with Crippen molar-refractivity contribution in [3.8, 4) is 5.75 Å². The van der Waals surface area contributed by atoms with E-state index < -0.39 is 0 Å². The summed E-state index contributed by atoms with van der Waals surface area (Å²) in [6.45, 7) is 4.91. The number of likely N-dealkylation sites (tertiary alicyclic amines) is 1. The molecule has 0 saturated carbocycles. The molecule has 21 heavy (non-hydrogen) atoms. The fraction of sp³-hybridized carbons (Fsp3) is 0.500. The van der Waals surface area contributed by atoms with Crippen LogP contribution in [-0.2, 0) is 14.3 Å². The molecule has 2 rings (SSSR count). The van der Waals surface area contributed by atoms with Crippen molar-refractivity contribution in [3.63, 3.8) is 0 Å². The fourth-order valence-corrected chi connectivity index (χ4v) is 2.50. The summed E-state index contributed by atoms with van der Waals surface area (Å²) in [5, 5.41) is 0. The highest BCUT2D eigenvalue weighted by Crippen LogP contribution is 2.24. The summed E-state index contributed by atoms with van der Waals surface area (Å²) in [5.74, 6) is 0.191. The van der Waals surface area contributed by atoms with Gasteiger partial charge in [0.05, 0.1) is 13.0 Å². The minimum atomic E-state index is -0.253. The van der Waals surface area contributed by atoms with E-state index in [1.54, 1.807) is 4.90 Å². The SMILES string of the molecule is COC(=O)C1CN(C(=O)COc2ccc(C)cc2)CC1C. The maximum absolute atomic E-state index is 12.1. The lowest BCUT2D eigenvalue weighted by Crippen LogP contribution is -2.34. The molecular formula is C16H21NO4. The molecule has 0 aliphatic carbocycles. The van der Waals surface area contributed by atoms with Gasteiger partial charge < -0.3 is 14.4 Å². The van der Waals surface area contributed by atoms with Gasteiger partial charge >= 0.3 is 5.97 Å². The lowest BCUT2D eigenvalue weighted by atomic mass is 9.99. The van der Waals surface area contributed by atoms with E-state index in [1.165, 1.54) is 7.11 Å². The van der Waals surface area contributed by atoms with Gasteiger partial charge in [-0.1, -0.05) is 24.6 Å². The van der Waals surface area contributed by atoms with Crippen LogP contribution in [-0.4, -0.2) is 43.6 Å². The highest BCUT2D eigenvalue weighted by Gasteiger charge is 2.37. The molecule has 0 N–H and O–H groups in total. The number of methoxy groups -OCH3 is 1. The Labute approximate surface area is 124 Å². The van der Waals surface area contributed by atoms with Gasteiger partial charge in [0.15, 0.2) is 6.61 Å². The zero-order valence-electron chi connectivity index (χ0n) is 12.7. The maximum Gasteiger partial charge on any atom is 0.310 e. The van der Waals surface area contributed by atoms with Crippen LogP contribution in [0.1, 0.15) is 12.5 Å². The van der Waals surface area contributed by atoms with Gasteiger partial charge in [-0.15, -0.1) is 0 Å². The average Bonchev–Trinajstić information content (AvgIpc) is 2.87. The predicted octanol–water partition coefficient (Wildman–Crippen LogP) is 1.64. The predicted molar refractivity (Wildman–Crippen MR) is 77.9 cm³/mol. The lowest BCUT2D eigenvalue weighted by molar-refractivity contribution is -0.146. The normalized spacial score (nSPS) is 21.2. The molecule has 2 unspecified atom stereocenters. The first-order valence-corrected chi connectivity index (χ1v) is 7.06. The van der Waals surface area contributed by atoms with E-state index in [1.807, 2.05) is 38.1 Å². The third-order valence-corrected chi connectivity index (χ3v) is 3.85. The first kappa shape index (κ1) is 15.4. The Bertz CT molecular complexity index is 512. The molecule has 1 aliphatic rings. The van der Waals surface area contributed by atoms with Crippen molar-refractivity contribution in [2.24, 2.45) is 11.8 Å².